The van der Waals surface area contributed by atoms with E-state index in [9.17, 15) is 9.59 Å². The first-order chi connectivity index (χ1) is 14.0. The van der Waals surface area contributed by atoms with Crippen LogP contribution in [-0.4, -0.2) is 36.4 Å². The number of hydrogen-bond donors (Lipinski definition) is 0. The molecular weight excluding hydrogens is 404 g/mol. The second-order valence-corrected chi connectivity index (χ2v) is 8.00. The van der Waals surface area contributed by atoms with Crippen molar-refractivity contribution in [1.82, 2.24) is 0 Å². The second kappa shape index (κ2) is 9.24. The van der Waals surface area contributed by atoms with Gasteiger partial charge >= 0.3 is 5.97 Å². The average Bonchev–Trinajstić information content (AvgIpc) is 3.02. The molecule has 2 aromatic rings. The normalized spacial score (nSPS) is 15.1. The molecule has 5 nitrogen and oxygen atoms in total. The van der Waals surface area contributed by atoms with Gasteiger partial charge in [0.05, 0.1) is 23.3 Å². The number of carbonyl (C=O) groups is 2. The molecule has 1 amide bonds. The summed E-state index contributed by atoms with van der Waals surface area (Å²) in [5.41, 5.74) is 3.15. The van der Waals surface area contributed by atoms with Crippen LogP contribution in [0.3, 0.4) is 0 Å². The molecule has 1 heterocycles. The van der Waals surface area contributed by atoms with Gasteiger partial charge in [0.1, 0.15) is 0 Å². The van der Waals surface area contributed by atoms with Crippen molar-refractivity contribution in [3.63, 3.8) is 0 Å². The summed E-state index contributed by atoms with van der Waals surface area (Å²) in [6.07, 6.45) is 1.86. The number of rotatable bonds is 6. The first-order valence-corrected chi connectivity index (χ1v) is 10.5. The molecule has 1 aliphatic rings. The van der Waals surface area contributed by atoms with Gasteiger partial charge in [0.15, 0.2) is 4.32 Å². The van der Waals surface area contributed by atoms with E-state index < -0.39 is 5.97 Å². The van der Waals surface area contributed by atoms with E-state index >= 15 is 0 Å². The summed E-state index contributed by atoms with van der Waals surface area (Å²) >= 11 is 6.69. The SMILES string of the molecule is CCN(CC)c1ccc(/C=C2\SC(=S)N(c3ccc(C(=O)OC)cc3)C2=O)cc1. The first-order valence-electron chi connectivity index (χ1n) is 9.29. The van der Waals surface area contributed by atoms with Crippen molar-refractivity contribution in [2.24, 2.45) is 0 Å². The van der Waals surface area contributed by atoms with Gasteiger partial charge in [-0.05, 0) is 61.9 Å². The van der Waals surface area contributed by atoms with Crippen molar-refractivity contribution in [3.05, 3.63) is 64.6 Å². The molecule has 0 N–H and O–H groups in total. The zero-order chi connectivity index (χ0) is 21.0. The highest BCUT2D eigenvalue weighted by Crippen LogP contribution is 2.36. The van der Waals surface area contributed by atoms with Crippen LogP contribution in [0.25, 0.3) is 6.08 Å². The van der Waals surface area contributed by atoms with Crippen molar-refractivity contribution < 1.29 is 14.3 Å². The van der Waals surface area contributed by atoms with Crippen LogP contribution in [0.2, 0.25) is 0 Å². The zero-order valence-electron chi connectivity index (χ0n) is 16.5. The maximum Gasteiger partial charge on any atom is 0.337 e. The Kier molecular flexibility index (Phi) is 6.71. The number of methoxy groups -OCH3 is 1. The van der Waals surface area contributed by atoms with Gasteiger partial charge in [0.2, 0.25) is 0 Å². The molecule has 0 aromatic heterocycles. The molecule has 3 rings (SSSR count). The number of hydrogen-bond acceptors (Lipinski definition) is 6. The molecule has 1 fully saturated rings. The molecular formula is C22H22N2O3S2. The lowest BCUT2D eigenvalue weighted by Gasteiger charge is -2.20. The minimum Gasteiger partial charge on any atom is -0.465 e. The minimum absolute atomic E-state index is 0.168. The highest BCUT2D eigenvalue weighted by Gasteiger charge is 2.33. The minimum atomic E-state index is -0.421. The zero-order valence-corrected chi connectivity index (χ0v) is 18.2. The van der Waals surface area contributed by atoms with Gasteiger partial charge in [-0.15, -0.1) is 0 Å². The monoisotopic (exact) mass is 426 g/mol. The van der Waals surface area contributed by atoms with Crippen molar-refractivity contribution >= 4 is 57.6 Å². The largest absolute Gasteiger partial charge is 0.465 e. The number of thioether (sulfide) groups is 1. The van der Waals surface area contributed by atoms with Crippen LogP contribution in [0.15, 0.2) is 53.4 Å². The fourth-order valence-electron chi connectivity index (χ4n) is 3.08. The summed E-state index contributed by atoms with van der Waals surface area (Å²) in [7, 11) is 1.33. The lowest BCUT2D eigenvalue weighted by Crippen LogP contribution is -2.27. The van der Waals surface area contributed by atoms with Gasteiger partial charge in [-0.2, -0.15) is 0 Å². The fourth-order valence-corrected chi connectivity index (χ4v) is 4.38. The predicted octanol–water partition coefficient (Wildman–Crippen LogP) is 4.73. The Morgan fingerprint density at radius 3 is 2.28 bits per heavy atom. The third kappa shape index (κ3) is 4.52. The van der Waals surface area contributed by atoms with E-state index in [0.29, 0.717) is 20.5 Å². The van der Waals surface area contributed by atoms with Gasteiger partial charge in [-0.3, -0.25) is 9.69 Å². The van der Waals surface area contributed by atoms with E-state index in [1.54, 1.807) is 24.3 Å². The van der Waals surface area contributed by atoms with Gasteiger partial charge < -0.3 is 9.64 Å². The van der Waals surface area contributed by atoms with Crippen LogP contribution in [0.5, 0.6) is 0 Å². The molecule has 0 unspecified atom stereocenters. The highest BCUT2D eigenvalue weighted by molar-refractivity contribution is 8.27. The summed E-state index contributed by atoms with van der Waals surface area (Å²) < 4.78 is 5.17. The number of benzene rings is 2. The van der Waals surface area contributed by atoms with Crippen LogP contribution >= 0.6 is 24.0 Å². The van der Waals surface area contributed by atoms with E-state index in [0.717, 1.165) is 24.3 Å². The van der Waals surface area contributed by atoms with Gasteiger partial charge in [-0.25, -0.2) is 4.79 Å². The summed E-state index contributed by atoms with van der Waals surface area (Å²) in [4.78, 5) is 28.8. The molecule has 7 heteroatoms. The average molecular weight is 427 g/mol. The maximum atomic E-state index is 12.9. The van der Waals surface area contributed by atoms with Crippen LogP contribution < -0.4 is 9.80 Å². The Balaban J connectivity index is 1.80. The number of thiocarbonyl (C=S) groups is 1. The quantitative estimate of drug-likeness (QED) is 0.378. The van der Waals surface area contributed by atoms with Crippen molar-refractivity contribution in [2.75, 3.05) is 30.0 Å². The number of amides is 1. The molecule has 0 aliphatic carbocycles. The summed E-state index contributed by atoms with van der Waals surface area (Å²) in [6.45, 7) is 6.15. The standard InChI is InChI=1S/C22H22N2O3S2/c1-4-23(5-2)17-10-6-15(7-11-17)14-19-20(25)24(22(28)29-19)18-12-8-16(9-13-18)21(26)27-3/h6-14H,4-5H2,1-3H3/b19-14-. The molecule has 0 radical (unpaired) electrons. The molecule has 150 valence electrons. The Morgan fingerprint density at radius 1 is 1.10 bits per heavy atom. The summed E-state index contributed by atoms with van der Waals surface area (Å²) in [5.74, 6) is -0.589. The topological polar surface area (TPSA) is 49.9 Å². The molecule has 1 saturated heterocycles. The van der Waals surface area contributed by atoms with Crippen LogP contribution in [0.1, 0.15) is 29.8 Å². The predicted molar refractivity (Wildman–Crippen MR) is 123 cm³/mol. The molecule has 1 aliphatic heterocycles. The van der Waals surface area contributed by atoms with Crippen LogP contribution in [-0.2, 0) is 9.53 Å². The van der Waals surface area contributed by atoms with E-state index in [1.807, 2.05) is 18.2 Å². The molecule has 2 aromatic carbocycles. The summed E-state index contributed by atoms with van der Waals surface area (Å²) in [5, 5.41) is 0. The molecule has 0 saturated carbocycles. The van der Waals surface area contributed by atoms with Crippen molar-refractivity contribution in [3.8, 4) is 0 Å². The first kappa shape index (κ1) is 21.1. The third-order valence-electron chi connectivity index (χ3n) is 4.66. The van der Waals surface area contributed by atoms with E-state index in [4.69, 9.17) is 17.0 Å². The second-order valence-electron chi connectivity index (χ2n) is 6.32. The maximum absolute atomic E-state index is 12.9. The number of carbonyl (C=O) groups excluding carboxylic acids is 2. The molecule has 0 atom stereocenters. The Labute approximate surface area is 180 Å². The lowest BCUT2D eigenvalue weighted by atomic mass is 10.1. The van der Waals surface area contributed by atoms with Gasteiger partial charge in [-0.1, -0.05) is 36.1 Å². The van der Waals surface area contributed by atoms with E-state index in [1.165, 1.54) is 23.8 Å². The van der Waals surface area contributed by atoms with Crippen molar-refractivity contribution in [2.45, 2.75) is 13.8 Å². The Morgan fingerprint density at radius 2 is 1.72 bits per heavy atom. The smallest absolute Gasteiger partial charge is 0.337 e. The highest BCUT2D eigenvalue weighted by atomic mass is 32.2. The fraction of sp³-hybridized carbons (Fsp3) is 0.227. The van der Waals surface area contributed by atoms with Crippen molar-refractivity contribution in [1.29, 1.82) is 0 Å². The lowest BCUT2D eigenvalue weighted by molar-refractivity contribution is -0.113. The Hall–Kier alpha value is -2.64. The van der Waals surface area contributed by atoms with Crippen LogP contribution in [0, 0.1) is 0 Å². The number of ether oxygens (including phenoxy) is 1. The molecule has 0 bridgehead atoms. The Bertz CT molecular complexity index is 949. The van der Waals surface area contributed by atoms with Crippen LogP contribution in [0.4, 0.5) is 11.4 Å². The van der Waals surface area contributed by atoms with E-state index in [-0.39, 0.29) is 5.91 Å². The van der Waals surface area contributed by atoms with Gasteiger partial charge in [0.25, 0.3) is 5.91 Å². The number of anilines is 2. The van der Waals surface area contributed by atoms with Gasteiger partial charge in [0, 0.05) is 18.8 Å². The molecule has 0 spiro atoms. The molecule has 29 heavy (non-hydrogen) atoms. The number of nitrogens with zero attached hydrogens (tertiary/aromatic N) is 2. The summed E-state index contributed by atoms with van der Waals surface area (Å²) in [6, 6.07) is 14.8. The van der Waals surface area contributed by atoms with E-state index in [2.05, 4.69) is 30.9 Å². The third-order valence-corrected chi connectivity index (χ3v) is 5.96. The number of esters is 1.